The van der Waals surface area contributed by atoms with Gasteiger partial charge in [-0.1, -0.05) is 46.3 Å². The Morgan fingerprint density at radius 1 is 1.13 bits per heavy atom. The molecule has 1 N–H and O–H groups in total. The van der Waals surface area contributed by atoms with E-state index in [0.29, 0.717) is 13.0 Å². The first-order valence-electron chi connectivity index (χ1n) is 7.67. The number of carbonyl (C=O) groups is 1. The molecule has 1 aromatic heterocycles. The molecule has 1 amide bonds. The van der Waals surface area contributed by atoms with E-state index in [9.17, 15) is 4.79 Å². The van der Waals surface area contributed by atoms with Crippen LogP contribution in [0.5, 0.6) is 0 Å². The molecule has 0 aliphatic heterocycles. The summed E-state index contributed by atoms with van der Waals surface area (Å²) in [6.45, 7) is 0.656. The number of halogens is 1. The van der Waals surface area contributed by atoms with Crippen molar-refractivity contribution >= 4 is 32.7 Å². The average molecular weight is 371 g/mol. The molecule has 118 valence electrons. The number of hydrogen-bond donors (Lipinski definition) is 1. The predicted molar refractivity (Wildman–Crippen MR) is 97.5 cm³/mol. The van der Waals surface area contributed by atoms with Crippen LogP contribution >= 0.6 is 15.9 Å². The Kier molecular flexibility index (Phi) is 4.82. The van der Waals surface area contributed by atoms with Gasteiger partial charge in [-0.2, -0.15) is 0 Å². The Labute approximate surface area is 144 Å². The predicted octanol–water partition coefficient (Wildman–Crippen LogP) is 3.84. The summed E-state index contributed by atoms with van der Waals surface area (Å²) in [4.78, 5) is 12.0. The second kappa shape index (κ2) is 7.01. The smallest absolute Gasteiger partial charge is 0.224 e. The summed E-state index contributed by atoms with van der Waals surface area (Å²) in [6.07, 6.45) is 3.40. The molecule has 0 aliphatic rings. The summed E-state index contributed by atoms with van der Waals surface area (Å²) in [7, 11) is 2.05. The number of amides is 1. The van der Waals surface area contributed by atoms with Gasteiger partial charge in [-0.05, 0) is 35.7 Å². The summed E-state index contributed by atoms with van der Waals surface area (Å²) in [5, 5.41) is 4.27. The molecule has 23 heavy (non-hydrogen) atoms. The van der Waals surface area contributed by atoms with Gasteiger partial charge in [0.25, 0.3) is 0 Å². The maximum atomic E-state index is 12.0. The van der Waals surface area contributed by atoms with E-state index in [4.69, 9.17) is 0 Å². The van der Waals surface area contributed by atoms with Gasteiger partial charge in [0.05, 0.1) is 6.42 Å². The summed E-state index contributed by atoms with van der Waals surface area (Å²) >= 11 is 3.40. The molecular formula is C19H19BrN2O. The highest BCUT2D eigenvalue weighted by Crippen LogP contribution is 2.20. The second-order valence-corrected chi connectivity index (χ2v) is 6.60. The van der Waals surface area contributed by atoms with Crippen molar-refractivity contribution in [2.75, 3.05) is 6.54 Å². The minimum Gasteiger partial charge on any atom is -0.355 e. The van der Waals surface area contributed by atoms with Gasteiger partial charge in [0.15, 0.2) is 0 Å². The number of carbonyl (C=O) groups excluding carboxylic acids is 1. The van der Waals surface area contributed by atoms with E-state index in [2.05, 4.69) is 57.3 Å². The molecule has 0 unspecified atom stereocenters. The minimum atomic E-state index is 0.0626. The third-order valence-electron chi connectivity index (χ3n) is 3.97. The van der Waals surface area contributed by atoms with Crippen LogP contribution in [-0.2, 0) is 24.7 Å². The van der Waals surface area contributed by atoms with Crippen molar-refractivity contribution in [2.24, 2.45) is 7.05 Å². The van der Waals surface area contributed by atoms with Crippen molar-refractivity contribution in [2.45, 2.75) is 12.8 Å². The molecule has 0 saturated heterocycles. The zero-order valence-electron chi connectivity index (χ0n) is 13.1. The average Bonchev–Trinajstić information content (AvgIpc) is 2.87. The van der Waals surface area contributed by atoms with Gasteiger partial charge in [-0.15, -0.1) is 0 Å². The van der Waals surface area contributed by atoms with Crippen molar-refractivity contribution in [1.82, 2.24) is 9.88 Å². The third-order valence-corrected chi connectivity index (χ3v) is 4.50. The molecule has 0 atom stereocenters. The van der Waals surface area contributed by atoms with Crippen LogP contribution in [0.1, 0.15) is 11.1 Å². The van der Waals surface area contributed by atoms with Gasteiger partial charge in [0, 0.05) is 35.2 Å². The number of fused-ring (bicyclic) bond motifs is 1. The van der Waals surface area contributed by atoms with E-state index < -0.39 is 0 Å². The van der Waals surface area contributed by atoms with Crippen LogP contribution in [0.25, 0.3) is 10.9 Å². The lowest BCUT2D eigenvalue weighted by Crippen LogP contribution is -2.27. The number of para-hydroxylation sites is 1. The maximum absolute atomic E-state index is 12.0. The molecule has 0 saturated carbocycles. The van der Waals surface area contributed by atoms with E-state index in [1.54, 1.807) is 0 Å². The number of benzene rings is 2. The highest BCUT2D eigenvalue weighted by atomic mass is 79.9. The first-order chi connectivity index (χ1) is 11.1. The number of nitrogens with one attached hydrogen (secondary N) is 1. The molecule has 0 bridgehead atoms. The fourth-order valence-corrected chi connectivity index (χ4v) is 3.08. The zero-order chi connectivity index (χ0) is 16.2. The lowest BCUT2D eigenvalue weighted by Gasteiger charge is -2.05. The zero-order valence-corrected chi connectivity index (χ0v) is 14.6. The molecule has 3 aromatic rings. The number of aryl methyl sites for hydroxylation is 1. The molecular weight excluding hydrogens is 352 g/mol. The summed E-state index contributed by atoms with van der Waals surface area (Å²) in [6, 6.07) is 16.2. The summed E-state index contributed by atoms with van der Waals surface area (Å²) in [5.74, 6) is 0.0626. The van der Waals surface area contributed by atoms with Crippen molar-refractivity contribution in [3.8, 4) is 0 Å². The van der Waals surface area contributed by atoms with E-state index in [1.165, 1.54) is 16.5 Å². The van der Waals surface area contributed by atoms with Crippen LogP contribution in [0.4, 0.5) is 0 Å². The van der Waals surface area contributed by atoms with Crippen LogP contribution < -0.4 is 5.32 Å². The van der Waals surface area contributed by atoms with Crippen LogP contribution in [-0.4, -0.2) is 17.0 Å². The fourth-order valence-electron chi connectivity index (χ4n) is 2.81. The van der Waals surface area contributed by atoms with Crippen LogP contribution in [0.2, 0.25) is 0 Å². The van der Waals surface area contributed by atoms with Gasteiger partial charge in [-0.25, -0.2) is 0 Å². The quantitative estimate of drug-likeness (QED) is 0.727. The maximum Gasteiger partial charge on any atom is 0.224 e. The lowest BCUT2D eigenvalue weighted by atomic mass is 10.1. The SMILES string of the molecule is Cn1cc(CCNC(=O)Cc2ccc(Br)cc2)c2ccccc21. The van der Waals surface area contributed by atoms with Gasteiger partial charge < -0.3 is 9.88 Å². The van der Waals surface area contributed by atoms with Crippen molar-refractivity contribution in [1.29, 1.82) is 0 Å². The van der Waals surface area contributed by atoms with Gasteiger partial charge in [0.1, 0.15) is 0 Å². The molecule has 3 nitrogen and oxygen atoms in total. The number of aromatic nitrogens is 1. The molecule has 2 aromatic carbocycles. The van der Waals surface area contributed by atoms with Crippen LogP contribution in [0.15, 0.2) is 59.2 Å². The number of nitrogens with zero attached hydrogens (tertiary/aromatic N) is 1. The monoisotopic (exact) mass is 370 g/mol. The Morgan fingerprint density at radius 2 is 1.87 bits per heavy atom. The molecule has 3 rings (SSSR count). The van der Waals surface area contributed by atoms with Crippen molar-refractivity contribution in [3.63, 3.8) is 0 Å². The first-order valence-corrected chi connectivity index (χ1v) is 8.47. The van der Waals surface area contributed by atoms with Gasteiger partial charge >= 0.3 is 0 Å². The van der Waals surface area contributed by atoms with Crippen LogP contribution in [0, 0.1) is 0 Å². The summed E-state index contributed by atoms with van der Waals surface area (Å²) in [5.41, 5.74) is 3.52. The van der Waals surface area contributed by atoms with Crippen molar-refractivity contribution < 1.29 is 4.79 Å². The number of hydrogen-bond acceptors (Lipinski definition) is 1. The fraction of sp³-hybridized carbons (Fsp3) is 0.211. The van der Waals surface area contributed by atoms with Crippen LogP contribution in [0.3, 0.4) is 0 Å². The Bertz CT molecular complexity index is 821. The standard InChI is InChI=1S/C19H19BrN2O/c1-22-13-15(17-4-2-3-5-18(17)22)10-11-21-19(23)12-14-6-8-16(20)9-7-14/h2-9,13H,10-12H2,1H3,(H,21,23). The molecule has 0 aliphatic carbocycles. The lowest BCUT2D eigenvalue weighted by molar-refractivity contribution is -0.120. The number of rotatable bonds is 5. The molecule has 4 heteroatoms. The summed E-state index contributed by atoms with van der Waals surface area (Å²) < 4.78 is 3.16. The van der Waals surface area contributed by atoms with E-state index >= 15 is 0 Å². The molecule has 0 spiro atoms. The second-order valence-electron chi connectivity index (χ2n) is 5.69. The van der Waals surface area contributed by atoms with Gasteiger partial charge in [0.2, 0.25) is 5.91 Å². The van der Waals surface area contributed by atoms with Crippen molar-refractivity contribution in [3.05, 3.63) is 70.3 Å². The van der Waals surface area contributed by atoms with E-state index in [0.717, 1.165) is 16.5 Å². The first kappa shape index (κ1) is 15.8. The third kappa shape index (κ3) is 3.82. The highest BCUT2D eigenvalue weighted by Gasteiger charge is 2.07. The highest BCUT2D eigenvalue weighted by molar-refractivity contribution is 9.10. The van der Waals surface area contributed by atoms with Gasteiger partial charge in [-0.3, -0.25) is 4.79 Å². The molecule has 0 fully saturated rings. The minimum absolute atomic E-state index is 0.0626. The Balaban J connectivity index is 1.56. The van der Waals surface area contributed by atoms with E-state index in [1.807, 2.05) is 30.3 Å². The molecule has 1 heterocycles. The Morgan fingerprint density at radius 3 is 2.65 bits per heavy atom. The van der Waals surface area contributed by atoms with E-state index in [-0.39, 0.29) is 5.91 Å². The Hall–Kier alpha value is -2.07. The largest absolute Gasteiger partial charge is 0.355 e. The topological polar surface area (TPSA) is 34.0 Å². The molecule has 0 radical (unpaired) electrons. The normalized spacial score (nSPS) is 10.9.